The first-order valence-electron chi connectivity index (χ1n) is 9.06. The summed E-state index contributed by atoms with van der Waals surface area (Å²) in [5.41, 5.74) is 0.617. The van der Waals surface area contributed by atoms with Crippen molar-refractivity contribution in [1.82, 2.24) is 4.72 Å². The molecule has 27 heavy (non-hydrogen) atoms. The van der Waals surface area contributed by atoms with Gasteiger partial charge in [0.15, 0.2) is 0 Å². The summed E-state index contributed by atoms with van der Waals surface area (Å²) in [5.74, 6) is -0.974. The fourth-order valence-electron chi connectivity index (χ4n) is 3.99. The zero-order chi connectivity index (χ0) is 19.6. The Bertz CT molecular complexity index is 649. The minimum Gasteiger partial charge on any atom is -0.392 e. The maximum atomic E-state index is 12.8. The van der Waals surface area contributed by atoms with Gasteiger partial charge in [0.05, 0.1) is 27.0 Å². The van der Waals surface area contributed by atoms with Gasteiger partial charge in [-0.15, -0.1) is 11.6 Å². The third-order valence-corrected chi connectivity index (χ3v) is 8.22. The third-order valence-electron chi connectivity index (χ3n) is 5.52. The number of thioether (sulfide) groups is 1. The van der Waals surface area contributed by atoms with E-state index in [-0.39, 0.29) is 29.4 Å². The Balaban J connectivity index is 1.54. The summed E-state index contributed by atoms with van der Waals surface area (Å²) >= 11 is 9.41. The van der Waals surface area contributed by atoms with Crippen LogP contribution in [-0.2, 0) is 0 Å². The number of aliphatic hydroxyl groups excluding tert-OH is 1. The van der Waals surface area contributed by atoms with Crippen LogP contribution in [0.2, 0.25) is 0 Å². The lowest BCUT2D eigenvalue weighted by atomic mass is 9.76. The largest absolute Gasteiger partial charge is 0.394 e. The molecule has 3 rings (SSSR count). The summed E-state index contributed by atoms with van der Waals surface area (Å²) in [6, 6.07) is 2.37. The number of aliphatic hydroxyl groups is 1. The smallest absolute Gasteiger partial charge is 0.392 e. The summed E-state index contributed by atoms with van der Waals surface area (Å²) in [6.07, 6.45) is 1.58. The molecule has 0 aromatic heterocycles. The Kier molecular flexibility index (Phi) is 6.99. The molecule has 0 bridgehead atoms. The highest BCUT2D eigenvalue weighted by Gasteiger charge is 2.45. The topological polar surface area (TPSA) is 56.0 Å². The predicted molar refractivity (Wildman–Crippen MR) is 103 cm³/mol. The molecule has 9 heteroatoms. The maximum absolute atomic E-state index is 12.8. The molecule has 0 aromatic carbocycles. The van der Waals surface area contributed by atoms with Crippen LogP contribution < -0.4 is 4.72 Å². The van der Waals surface area contributed by atoms with Crippen molar-refractivity contribution < 1.29 is 18.3 Å². The van der Waals surface area contributed by atoms with Crippen LogP contribution in [0.25, 0.3) is 0 Å². The summed E-state index contributed by atoms with van der Waals surface area (Å²) in [4.78, 5) is 0. The zero-order valence-corrected chi connectivity index (χ0v) is 17.0. The number of hydrogen-bond acceptors (Lipinski definition) is 5. The van der Waals surface area contributed by atoms with E-state index in [9.17, 15) is 23.5 Å². The van der Waals surface area contributed by atoms with Crippen molar-refractivity contribution in [2.45, 2.75) is 55.5 Å². The van der Waals surface area contributed by atoms with Crippen LogP contribution in [0.5, 0.6) is 0 Å². The molecule has 1 saturated carbocycles. The van der Waals surface area contributed by atoms with Gasteiger partial charge >= 0.3 is 6.18 Å². The molecule has 0 radical (unpaired) electrons. The van der Waals surface area contributed by atoms with Gasteiger partial charge in [0.1, 0.15) is 0 Å². The van der Waals surface area contributed by atoms with Crippen LogP contribution in [0.4, 0.5) is 13.2 Å². The van der Waals surface area contributed by atoms with Gasteiger partial charge in [0, 0.05) is 24.0 Å². The van der Waals surface area contributed by atoms with E-state index in [2.05, 4.69) is 16.9 Å². The average Bonchev–Trinajstić information content (AvgIpc) is 3.00. The van der Waals surface area contributed by atoms with Crippen molar-refractivity contribution in [3.8, 4) is 6.07 Å². The molecule has 1 aliphatic heterocycles. The molecule has 0 spiro atoms. The van der Waals surface area contributed by atoms with Crippen molar-refractivity contribution in [3.05, 3.63) is 22.1 Å². The van der Waals surface area contributed by atoms with Crippen LogP contribution in [-0.4, -0.2) is 22.1 Å². The van der Waals surface area contributed by atoms with Gasteiger partial charge in [0.25, 0.3) is 0 Å². The quantitative estimate of drug-likeness (QED) is 0.445. The highest BCUT2D eigenvalue weighted by Crippen LogP contribution is 2.50. The van der Waals surface area contributed by atoms with E-state index in [1.807, 2.05) is 0 Å². The number of hydrogen-bond donors (Lipinski definition) is 2. The molecule has 0 aromatic rings. The van der Waals surface area contributed by atoms with Crippen LogP contribution in [0.3, 0.4) is 0 Å². The summed E-state index contributed by atoms with van der Waals surface area (Å²) in [5, 5.41) is 19.0. The number of nitriles is 1. The van der Waals surface area contributed by atoms with Crippen molar-refractivity contribution in [2.24, 2.45) is 23.7 Å². The Morgan fingerprint density at radius 1 is 1.37 bits per heavy atom. The average molecular weight is 439 g/mol. The minimum absolute atomic E-state index is 0.0324. The molecule has 6 unspecified atom stereocenters. The molecule has 2 N–H and O–H groups in total. The fourth-order valence-corrected chi connectivity index (χ4v) is 6.88. The molecule has 3 aliphatic rings. The molecule has 0 saturated heterocycles. The van der Waals surface area contributed by atoms with Crippen molar-refractivity contribution in [3.63, 3.8) is 0 Å². The lowest BCUT2D eigenvalue weighted by molar-refractivity contribution is -0.200. The van der Waals surface area contributed by atoms with Crippen LogP contribution in [0.15, 0.2) is 22.1 Å². The number of allylic oxidation sites excluding steroid dienone is 2. The van der Waals surface area contributed by atoms with Crippen LogP contribution >= 0.6 is 35.3 Å². The Morgan fingerprint density at radius 2 is 2.15 bits per heavy atom. The normalized spacial score (nSPS) is 37.3. The fraction of sp³-hybridized carbons (Fsp3) is 0.722. The predicted octanol–water partition coefficient (Wildman–Crippen LogP) is 5.54. The first-order chi connectivity index (χ1) is 12.8. The monoisotopic (exact) mass is 438 g/mol. The molecule has 3 nitrogen and oxygen atoms in total. The summed E-state index contributed by atoms with van der Waals surface area (Å²) in [7, 11) is 0. The minimum atomic E-state index is -4.38. The number of alkyl halides is 4. The Hall–Kier alpha value is -0.490. The number of halogens is 4. The maximum Gasteiger partial charge on any atom is 0.394 e. The van der Waals surface area contributed by atoms with E-state index in [0.29, 0.717) is 11.6 Å². The van der Waals surface area contributed by atoms with E-state index in [4.69, 9.17) is 11.6 Å². The van der Waals surface area contributed by atoms with E-state index >= 15 is 0 Å². The van der Waals surface area contributed by atoms with Gasteiger partial charge in [-0.1, -0.05) is 30.3 Å². The standard InChI is InChI=1S/C18H22ClF3N2OS2/c19-17-13(11-3-1-2-10(6-11)9-23)8-16(26-17)27-24-12-4-5-14(15(25)7-12)18(20,21)22/h4,8,10-11,13-15,17,24-25H,1-3,5-7H2. The van der Waals surface area contributed by atoms with Gasteiger partial charge < -0.3 is 9.83 Å². The van der Waals surface area contributed by atoms with Crippen molar-refractivity contribution >= 4 is 35.3 Å². The van der Waals surface area contributed by atoms with Gasteiger partial charge in [0.2, 0.25) is 0 Å². The van der Waals surface area contributed by atoms with Crippen molar-refractivity contribution in [2.75, 3.05) is 0 Å². The Morgan fingerprint density at radius 3 is 2.81 bits per heavy atom. The van der Waals surface area contributed by atoms with E-state index in [0.717, 1.165) is 29.9 Å². The summed E-state index contributed by atoms with van der Waals surface area (Å²) < 4.78 is 42.4. The van der Waals surface area contributed by atoms with E-state index < -0.39 is 18.2 Å². The second-order valence-corrected chi connectivity index (χ2v) is 10.4. The molecular weight excluding hydrogens is 417 g/mol. The third kappa shape index (κ3) is 5.31. The number of nitrogens with zero attached hydrogens (tertiary/aromatic N) is 1. The lowest BCUT2D eigenvalue weighted by Crippen LogP contribution is -2.37. The molecular formula is C18H22ClF3N2OS2. The highest BCUT2D eigenvalue weighted by molar-refractivity contribution is 8.22. The van der Waals surface area contributed by atoms with E-state index in [1.165, 1.54) is 18.0 Å². The first kappa shape index (κ1) is 21.2. The SMILES string of the molecule is N#CC1CCCC(C2C=C(SNC3=CCC(C(F)(F)F)C(O)C3)SC2Cl)C1. The second kappa shape index (κ2) is 8.89. The van der Waals surface area contributed by atoms with Crippen molar-refractivity contribution in [1.29, 1.82) is 5.26 Å². The molecule has 0 amide bonds. The van der Waals surface area contributed by atoms with Gasteiger partial charge in [-0.2, -0.15) is 18.4 Å². The molecule has 1 fully saturated rings. The number of nitrogens with one attached hydrogen (secondary N) is 1. The zero-order valence-electron chi connectivity index (χ0n) is 14.6. The molecule has 2 aliphatic carbocycles. The highest BCUT2D eigenvalue weighted by atomic mass is 35.5. The van der Waals surface area contributed by atoms with E-state index in [1.54, 1.807) is 11.8 Å². The molecule has 150 valence electrons. The van der Waals surface area contributed by atoms with Crippen LogP contribution in [0, 0.1) is 35.0 Å². The van der Waals surface area contributed by atoms with Crippen LogP contribution in [0.1, 0.15) is 38.5 Å². The second-order valence-electron chi connectivity index (χ2n) is 7.37. The Labute approximate surface area is 170 Å². The molecule has 1 heterocycles. The van der Waals surface area contributed by atoms with Gasteiger partial charge in [-0.05, 0) is 43.5 Å². The number of rotatable bonds is 4. The van der Waals surface area contributed by atoms with Gasteiger partial charge in [-0.25, -0.2) is 0 Å². The molecule has 6 atom stereocenters. The summed E-state index contributed by atoms with van der Waals surface area (Å²) in [6.45, 7) is 0. The van der Waals surface area contributed by atoms with Gasteiger partial charge in [-0.3, -0.25) is 0 Å². The first-order valence-corrected chi connectivity index (χ1v) is 11.2. The lowest BCUT2D eigenvalue weighted by Gasteiger charge is -2.30.